The molecule has 1 amide bonds. The molecule has 1 aromatic carbocycles. The third-order valence-electron chi connectivity index (χ3n) is 6.48. The molecule has 9 heteroatoms. The van der Waals surface area contributed by atoms with Crippen molar-refractivity contribution in [2.75, 3.05) is 13.2 Å². The number of aromatic nitrogens is 4. The van der Waals surface area contributed by atoms with Gasteiger partial charge in [-0.25, -0.2) is 4.98 Å². The maximum Gasteiger partial charge on any atom is 0.258 e. The number of H-pyrrole nitrogens is 1. The van der Waals surface area contributed by atoms with Crippen molar-refractivity contribution in [2.24, 2.45) is 0 Å². The Balaban J connectivity index is 1.40. The third-order valence-corrected chi connectivity index (χ3v) is 6.48. The zero-order valence-corrected chi connectivity index (χ0v) is 20.7. The second kappa shape index (κ2) is 9.94. The molecule has 0 radical (unpaired) electrons. The van der Waals surface area contributed by atoms with Crippen LogP contribution in [0.4, 0.5) is 0 Å². The monoisotopic (exact) mass is 487 g/mol. The smallest absolute Gasteiger partial charge is 0.258 e. The standard InChI is InChI=1S/C27H29N5O4/c1-17-13-20(19(3)32(17)25-14-18(2)36-30-25)10-11-26(33)31(15-21-7-6-12-35-21)16-24-28-23-9-5-4-8-22(23)27(34)29-24/h4-5,8-11,13-14,21H,6-7,12,15-16H2,1-3H3,(H,28,29,34). The molecule has 36 heavy (non-hydrogen) atoms. The summed E-state index contributed by atoms with van der Waals surface area (Å²) in [4.78, 5) is 35.0. The fraction of sp³-hybridized carbons (Fsp3) is 0.333. The second-order valence-corrected chi connectivity index (χ2v) is 9.17. The highest BCUT2D eigenvalue weighted by molar-refractivity contribution is 5.92. The van der Waals surface area contributed by atoms with Crippen LogP contribution in [0.2, 0.25) is 0 Å². The van der Waals surface area contributed by atoms with Gasteiger partial charge in [-0.1, -0.05) is 17.3 Å². The number of aryl methyl sites for hydroxylation is 2. The number of nitrogens with one attached hydrogen (secondary N) is 1. The number of carbonyl (C=O) groups is 1. The number of hydrogen-bond donors (Lipinski definition) is 1. The molecule has 3 aromatic heterocycles. The molecule has 5 rings (SSSR count). The minimum absolute atomic E-state index is 0.0324. The van der Waals surface area contributed by atoms with Gasteiger partial charge in [0.2, 0.25) is 5.91 Å². The van der Waals surface area contributed by atoms with Crippen molar-refractivity contribution in [3.05, 3.63) is 81.4 Å². The maximum absolute atomic E-state index is 13.4. The fourth-order valence-corrected chi connectivity index (χ4v) is 4.69. The Labute approximate surface area is 208 Å². The van der Waals surface area contributed by atoms with Gasteiger partial charge in [-0.15, -0.1) is 0 Å². The summed E-state index contributed by atoms with van der Waals surface area (Å²) in [6.45, 7) is 7.12. The third kappa shape index (κ3) is 4.87. The van der Waals surface area contributed by atoms with Crippen LogP contribution >= 0.6 is 0 Å². The van der Waals surface area contributed by atoms with Crippen LogP contribution in [-0.4, -0.2) is 49.8 Å². The highest BCUT2D eigenvalue weighted by Crippen LogP contribution is 2.22. The molecular formula is C27H29N5O4. The predicted octanol–water partition coefficient (Wildman–Crippen LogP) is 3.85. The van der Waals surface area contributed by atoms with E-state index in [1.807, 2.05) is 49.6 Å². The minimum atomic E-state index is -0.216. The van der Waals surface area contributed by atoms with E-state index in [0.29, 0.717) is 35.7 Å². The fourth-order valence-electron chi connectivity index (χ4n) is 4.69. The van der Waals surface area contributed by atoms with Crippen molar-refractivity contribution in [1.29, 1.82) is 0 Å². The molecule has 1 aliphatic heterocycles. The van der Waals surface area contributed by atoms with Gasteiger partial charge in [0, 0.05) is 36.7 Å². The first-order valence-corrected chi connectivity index (χ1v) is 12.1. The molecule has 4 aromatic rings. The molecule has 0 saturated carbocycles. The van der Waals surface area contributed by atoms with Crippen LogP contribution < -0.4 is 5.56 Å². The minimum Gasteiger partial charge on any atom is -0.376 e. The Bertz CT molecular complexity index is 1490. The summed E-state index contributed by atoms with van der Waals surface area (Å²) in [5.41, 5.74) is 3.24. The molecule has 4 heterocycles. The molecule has 1 aliphatic rings. The summed E-state index contributed by atoms with van der Waals surface area (Å²) in [6.07, 6.45) is 5.21. The van der Waals surface area contributed by atoms with E-state index in [2.05, 4.69) is 15.1 Å². The quantitative estimate of drug-likeness (QED) is 0.397. The summed E-state index contributed by atoms with van der Waals surface area (Å²) in [7, 11) is 0. The van der Waals surface area contributed by atoms with E-state index in [4.69, 9.17) is 9.26 Å². The Hall–Kier alpha value is -3.98. The lowest BCUT2D eigenvalue weighted by Crippen LogP contribution is -2.36. The summed E-state index contributed by atoms with van der Waals surface area (Å²) in [5.74, 6) is 1.70. The number of ether oxygens (including phenoxy) is 1. The number of fused-ring (bicyclic) bond motifs is 1. The van der Waals surface area contributed by atoms with Crippen molar-refractivity contribution in [1.82, 2.24) is 24.6 Å². The molecule has 0 aliphatic carbocycles. The lowest BCUT2D eigenvalue weighted by Gasteiger charge is -2.24. The number of hydrogen-bond acceptors (Lipinski definition) is 6. The van der Waals surface area contributed by atoms with E-state index < -0.39 is 0 Å². The van der Waals surface area contributed by atoms with E-state index in [9.17, 15) is 9.59 Å². The van der Waals surface area contributed by atoms with Gasteiger partial charge in [0.05, 0.1) is 23.6 Å². The number of para-hydroxylation sites is 1. The van der Waals surface area contributed by atoms with Crippen LogP contribution in [0.5, 0.6) is 0 Å². The lowest BCUT2D eigenvalue weighted by molar-refractivity contribution is -0.128. The van der Waals surface area contributed by atoms with Gasteiger partial charge < -0.3 is 19.1 Å². The van der Waals surface area contributed by atoms with Crippen LogP contribution in [0.1, 0.15) is 41.4 Å². The average Bonchev–Trinajstić information content (AvgIpc) is 3.58. The first-order valence-electron chi connectivity index (χ1n) is 12.1. The first-order chi connectivity index (χ1) is 17.4. The maximum atomic E-state index is 13.4. The number of aromatic amines is 1. The topological polar surface area (TPSA) is 106 Å². The van der Waals surface area contributed by atoms with Crippen LogP contribution in [0.25, 0.3) is 22.8 Å². The van der Waals surface area contributed by atoms with Gasteiger partial charge in [0.15, 0.2) is 5.82 Å². The second-order valence-electron chi connectivity index (χ2n) is 9.17. The molecule has 1 unspecified atom stereocenters. The highest BCUT2D eigenvalue weighted by atomic mass is 16.5. The first kappa shape index (κ1) is 23.7. The zero-order chi connectivity index (χ0) is 25.2. The summed E-state index contributed by atoms with van der Waals surface area (Å²) >= 11 is 0. The molecule has 1 fully saturated rings. The summed E-state index contributed by atoms with van der Waals surface area (Å²) in [5, 5.41) is 4.64. The van der Waals surface area contributed by atoms with Crippen LogP contribution in [0.3, 0.4) is 0 Å². The van der Waals surface area contributed by atoms with Crippen molar-refractivity contribution in [3.63, 3.8) is 0 Å². The number of rotatable bonds is 7. The molecule has 0 bridgehead atoms. The van der Waals surface area contributed by atoms with Crippen molar-refractivity contribution in [3.8, 4) is 5.82 Å². The lowest BCUT2D eigenvalue weighted by atomic mass is 10.2. The van der Waals surface area contributed by atoms with Gasteiger partial charge >= 0.3 is 0 Å². The predicted molar refractivity (Wildman–Crippen MR) is 136 cm³/mol. The van der Waals surface area contributed by atoms with Gasteiger partial charge in [0.1, 0.15) is 11.6 Å². The number of benzene rings is 1. The Morgan fingerprint density at radius 3 is 2.83 bits per heavy atom. The molecule has 9 nitrogen and oxygen atoms in total. The Morgan fingerprint density at radius 2 is 2.08 bits per heavy atom. The van der Waals surface area contributed by atoms with Crippen molar-refractivity contribution < 1.29 is 14.1 Å². The van der Waals surface area contributed by atoms with Crippen LogP contribution in [0, 0.1) is 20.8 Å². The Morgan fingerprint density at radius 1 is 1.25 bits per heavy atom. The normalized spacial score (nSPS) is 15.8. The SMILES string of the molecule is Cc1cc(-n2c(C)cc(C=CC(=O)N(Cc3nc4ccccc4c(=O)[nH]3)CC3CCCO3)c2C)no1. The van der Waals surface area contributed by atoms with Gasteiger partial charge in [0.25, 0.3) is 5.56 Å². The number of amides is 1. The van der Waals surface area contributed by atoms with Gasteiger partial charge in [-0.3, -0.25) is 14.2 Å². The number of nitrogens with zero attached hydrogens (tertiary/aromatic N) is 4. The van der Waals surface area contributed by atoms with E-state index in [-0.39, 0.29) is 24.1 Å². The van der Waals surface area contributed by atoms with Crippen LogP contribution in [-0.2, 0) is 16.1 Å². The zero-order valence-electron chi connectivity index (χ0n) is 20.7. The van der Waals surface area contributed by atoms with E-state index in [1.165, 1.54) is 0 Å². The average molecular weight is 488 g/mol. The highest BCUT2D eigenvalue weighted by Gasteiger charge is 2.23. The molecule has 1 saturated heterocycles. The molecule has 186 valence electrons. The van der Waals surface area contributed by atoms with Gasteiger partial charge in [-0.05, 0) is 63.5 Å². The summed E-state index contributed by atoms with van der Waals surface area (Å²) in [6, 6.07) is 11.1. The van der Waals surface area contributed by atoms with E-state index in [0.717, 1.165) is 35.6 Å². The van der Waals surface area contributed by atoms with E-state index in [1.54, 1.807) is 29.2 Å². The molecule has 0 spiro atoms. The van der Waals surface area contributed by atoms with Crippen LogP contribution in [0.15, 0.2) is 51.8 Å². The van der Waals surface area contributed by atoms with Crippen molar-refractivity contribution in [2.45, 2.75) is 46.3 Å². The number of carbonyl (C=O) groups excluding carboxylic acids is 1. The van der Waals surface area contributed by atoms with Gasteiger partial charge in [-0.2, -0.15) is 0 Å². The largest absolute Gasteiger partial charge is 0.376 e. The molecule has 1 atom stereocenters. The molecular weight excluding hydrogens is 458 g/mol. The molecule has 1 N–H and O–H groups in total. The van der Waals surface area contributed by atoms with Crippen molar-refractivity contribution >= 4 is 22.9 Å². The summed E-state index contributed by atoms with van der Waals surface area (Å²) < 4.78 is 13.0. The Kier molecular flexibility index (Phi) is 6.56. The van der Waals surface area contributed by atoms with E-state index >= 15 is 0 Å².